The van der Waals surface area contributed by atoms with Crippen molar-refractivity contribution >= 4 is 27.5 Å². The van der Waals surface area contributed by atoms with Crippen molar-refractivity contribution in [2.45, 2.75) is 52.7 Å². The smallest absolute Gasteiger partial charge is 0.0491 e. The maximum absolute atomic E-state index is 3.80. The van der Waals surface area contributed by atoms with Crippen LogP contribution in [0.5, 0.6) is 0 Å². The van der Waals surface area contributed by atoms with Crippen molar-refractivity contribution in [2.75, 3.05) is 18.4 Å². The minimum absolute atomic E-state index is 0.571. The SMILES string of the molecule is CCn1c2ccccc2c2cc(CN3CCC(Nc4cc(C)ccc4C)CC3)ccc21. The van der Waals surface area contributed by atoms with Crippen LogP contribution in [-0.2, 0) is 13.1 Å². The first kappa shape index (κ1) is 20.1. The van der Waals surface area contributed by atoms with Crippen molar-refractivity contribution in [3.63, 3.8) is 0 Å². The van der Waals surface area contributed by atoms with Gasteiger partial charge in [0.05, 0.1) is 0 Å². The molecule has 1 saturated heterocycles. The Hall–Kier alpha value is -2.78. The quantitative estimate of drug-likeness (QED) is 0.404. The Morgan fingerprint density at radius 3 is 2.45 bits per heavy atom. The van der Waals surface area contributed by atoms with E-state index in [0.29, 0.717) is 6.04 Å². The van der Waals surface area contributed by atoms with Crippen molar-refractivity contribution in [1.82, 2.24) is 9.47 Å². The third-order valence-electron chi connectivity index (χ3n) is 6.90. The molecule has 0 atom stereocenters. The number of hydrogen-bond acceptors (Lipinski definition) is 2. The van der Waals surface area contributed by atoms with E-state index in [0.717, 1.165) is 26.2 Å². The summed E-state index contributed by atoms with van der Waals surface area (Å²) >= 11 is 0. The second-order valence-corrected chi connectivity index (χ2v) is 9.13. The number of rotatable bonds is 5. The zero-order chi connectivity index (χ0) is 21.4. The number of nitrogens with zero attached hydrogens (tertiary/aromatic N) is 2. The Morgan fingerprint density at radius 2 is 1.65 bits per heavy atom. The molecule has 0 bridgehead atoms. The maximum Gasteiger partial charge on any atom is 0.0491 e. The summed E-state index contributed by atoms with van der Waals surface area (Å²) in [6.07, 6.45) is 2.40. The normalized spacial score (nSPS) is 15.7. The third kappa shape index (κ3) is 3.95. The number of benzene rings is 3. The van der Waals surface area contributed by atoms with Gasteiger partial charge in [-0.05, 0) is 74.6 Å². The molecule has 1 fully saturated rings. The Labute approximate surface area is 185 Å². The zero-order valence-electron chi connectivity index (χ0n) is 19.0. The molecule has 0 spiro atoms. The standard InChI is InChI=1S/C28H33N3/c1-4-31-27-8-6-5-7-24(27)25-18-22(11-12-28(25)31)19-30-15-13-23(14-16-30)29-26-17-20(2)9-10-21(26)3/h5-12,17-18,23,29H,4,13-16,19H2,1-3H3. The number of piperidine rings is 1. The number of aromatic nitrogens is 1. The zero-order valence-corrected chi connectivity index (χ0v) is 19.0. The lowest BCUT2D eigenvalue weighted by molar-refractivity contribution is 0.211. The Morgan fingerprint density at radius 1 is 0.871 bits per heavy atom. The topological polar surface area (TPSA) is 20.2 Å². The van der Waals surface area contributed by atoms with Crippen LogP contribution < -0.4 is 5.32 Å². The van der Waals surface area contributed by atoms with Gasteiger partial charge in [0.1, 0.15) is 0 Å². The number of nitrogens with one attached hydrogen (secondary N) is 1. The molecule has 0 amide bonds. The molecule has 3 aromatic carbocycles. The van der Waals surface area contributed by atoms with Crippen LogP contribution in [0.4, 0.5) is 5.69 Å². The summed E-state index contributed by atoms with van der Waals surface area (Å²) in [5.74, 6) is 0. The number of para-hydroxylation sites is 1. The fourth-order valence-corrected chi connectivity index (χ4v) is 5.14. The van der Waals surface area contributed by atoms with Crippen molar-refractivity contribution in [3.8, 4) is 0 Å². The highest BCUT2D eigenvalue weighted by molar-refractivity contribution is 6.08. The van der Waals surface area contributed by atoms with Crippen molar-refractivity contribution in [2.24, 2.45) is 0 Å². The van der Waals surface area contributed by atoms with Gasteiger partial charge in [-0.3, -0.25) is 4.90 Å². The van der Waals surface area contributed by atoms with Gasteiger partial charge in [-0.2, -0.15) is 0 Å². The molecule has 5 rings (SSSR count). The first-order valence-corrected chi connectivity index (χ1v) is 11.7. The largest absolute Gasteiger partial charge is 0.382 e. The average Bonchev–Trinajstić information content (AvgIpc) is 3.11. The number of hydrogen-bond donors (Lipinski definition) is 1. The summed E-state index contributed by atoms with van der Waals surface area (Å²) in [4.78, 5) is 2.61. The van der Waals surface area contributed by atoms with E-state index in [-0.39, 0.29) is 0 Å². The van der Waals surface area contributed by atoms with Gasteiger partial charge < -0.3 is 9.88 Å². The molecular weight excluding hydrogens is 378 g/mol. The van der Waals surface area contributed by atoms with Crippen LogP contribution in [0.25, 0.3) is 21.8 Å². The van der Waals surface area contributed by atoms with Gasteiger partial charge in [0.25, 0.3) is 0 Å². The molecule has 2 heterocycles. The van der Waals surface area contributed by atoms with Crippen LogP contribution in [0.2, 0.25) is 0 Å². The number of fused-ring (bicyclic) bond motifs is 3. The van der Waals surface area contributed by atoms with Crippen LogP contribution in [0.1, 0.15) is 36.5 Å². The van der Waals surface area contributed by atoms with Crippen LogP contribution >= 0.6 is 0 Å². The maximum atomic E-state index is 3.80. The molecule has 1 aliphatic rings. The van der Waals surface area contributed by atoms with E-state index in [1.807, 2.05) is 0 Å². The summed E-state index contributed by atoms with van der Waals surface area (Å²) in [6, 6.07) is 23.1. The molecule has 0 unspecified atom stereocenters. The van der Waals surface area contributed by atoms with Gasteiger partial charge in [-0.15, -0.1) is 0 Å². The Bertz CT molecular complexity index is 1210. The summed E-state index contributed by atoms with van der Waals surface area (Å²) in [7, 11) is 0. The highest BCUT2D eigenvalue weighted by Crippen LogP contribution is 2.30. The third-order valence-corrected chi connectivity index (χ3v) is 6.90. The summed E-state index contributed by atoms with van der Waals surface area (Å²) in [6.45, 7) is 10.9. The van der Waals surface area contributed by atoms with Crippen LogP contribution in [0.15, 0.2) is 60.7 Å². The van der Waals surface area contributed by atoms with Crippen molar-refractivity contribution in [1.29, 1.82) is 0 Å². The number of aryl methyl sites for hydroxylation is 3. The molecular formula is C28H33N3. The lowest BCUT2D eigenvalue weighted by Gasteiger charge is -2.33. The fraction of sp³-hybridized carbons (Fsp3) is 0.357. The molecule has 1 N–H and O–H groups in total. The highest BCUT2D eigenvalue weighted by Gasteiger charge is 2.20. The second-order valence-electron chi connectivity index (χ2n) is 9.13. The lowest BCUT2D eigenvalue weighted by atomic mass is 10.0. The van der Waals surface area contributed by atoms with E-state index in [1.165, 1.54) is 57.0 Å². The molecule has 3 nitrogen and oxygen atoms in total. The minimum Gasteiger partial charge on any atom is -0.382 e. The van der Waals surface area contributed by atoms with Crippen LogP contribution in [-0.4, -0.2) is 28.6 Å². The van der Waals surface area contributed by atoms with Crippen LogP contribution in [0, 0.1) is 13.8 Å². The first-order valence-electron chi connectivity index (χ1n) is 11.7. The van der Waals surface area contributed by atoms with Crippen molar-refractivity contribution in [3.05, 3.63) is 77.4 Å². The fourth-order valence-electron chi connectivity index (χ4n) is 5.14. The Kier molecular flexibility index (Phi) is 5.45. The molecule has 1 aliphatic heterocycles. The highest BCUT2D eigenvalue weighted by atomic mass is 15.1. The van der Waals surface area contributed by atoms with E-state index in [1.54, 1.807) is 0 Å². The van der Waals surface area contributed by atoms with E-state index in [2.05, 4.69) is 96.2 Å². The van der Waals surface area contributed by atoms with Gasteiger partial charge in [-0.1, -0.05) is 36.4 Å². The molecule has 31 heavy (non-hydrogen) atoms. The molecule has 0 saturated carbocycles. The van der Waals surface area contributed by atoms with E-state index < -0.39 is 0 Å². The van der Waals surface area contributed by atoms with Gasteiger partial charge in [0.15, 0.2) is 0 Å². The van der Waals surface area contributed by atoms with Crippen LogP contribution in [0.3, 0.4) is 0 Å². The molecule has 0 aliphatic carbocycles. The van der Waals surface area contributed by atoms with Gasteiger partial charge >= 0.3 is 0 Å². The molecule has 0 radical (unpaired) electrons. The van der Waals surface area contributed by atoms with E-state index >= 15 is 0 Å². The van der Waals surface area contributed by atoms with E-state index in [9.17, 15) is 0 Å². The van der Waals surface area contributed by atoms with Gasteiger partial charge in [0.2, 0.25) is 0 Å². The van der Waals surface area contributed by atoms with Gasteiger partial charge in [0, 0.05) is 59.7 Å². The molecule has 3 heteroatoms. The average molecular weight is 412 g/mol. The molecule has 1 aromatic heterocycles. The van der Waals surface area contributed by atoms with Crippen molar-refractivity contribution < 1.29 is 0 Å². The molecule has 4 aromatic rings. The lowest BCUT2D eigenvalue weighted by Crippen LogP contribution is -2.38. The predicted molar refractivity (Wildman–Crippen MR) is 133 cm³/mol. The second kappa shape index (κ2) is 8.39. The number of anilines is 1. The Balaban J connectivity index is 1.28. The molecule has 160 valence electrons. The summed E-state index contributed by atoms with van der Waals surface area (Å²) in [5, 5.41) is 6.56. The monoisotopic (exact) mass is 411 g/mol. The van der Waals surface area contributed by atoms with E-state index in [4.69, 9.17) is 0 Å². The first-order chi connectivity index (χ1) is 15.1. The number of likely N-dealkylation sites (tertiary alicyclic amines) is 1. The van der Waals surface area contributed by atoms with Gasteiger partial charge in [-0.25, -0.2) is 0 Å². The summed E-state index contributed by atoms with van der Waals surface area (Å²) in [5.41, 5.74) is 8.08. The summed E-state index contributed by atoms with van der Waals surface area (Å²) < 4.78 is 2.43. The minimum atomic E-state index is 0.571. The predicted octanol–water partition coefficient (Wildman–Crippen LogP) is 6.51.